The van der Waals surface area contributed by atoms with Gasteiger partial charge in [0.25, 0.3) is 0 Å². The van der Waals surface area contributed by atoms with Crippen LogP contribution in [0.3, 0.4) is 0 Å². The van der Waals surface area contributed by atoms with Crippen LogP contribution in [0, 0.1) is 0 Å². The number of hydrogen-bond donors (Lipinski definition) is 4. The van der Waals surface area contributed by atoms with Gasteiger partial charge in [-0.3, -0.25) is 4.57 Å². The Hall–Kier alpha value is -2.25. The zero-order valence-electron chi connectivity index (χ0n) is 15.1. The normalized spacial score (nSPS) is 24.2. The van der Waals surface area contributed by atoms with Crippen molar-refractivity contribution in [3.05, 3.63) is 30.2 Å². The average molecular weight is 439 g/mol. The van der Waals surface area contributed by atoms with Gasteiger partial charge in [-0.1, -0.05) is 0 Å². The maximum absolute atomic E-state index is 10.5. The molecule has 0 unspecified atom stereocenters. The second-order valence-electron chi connectivity index (χ2n) is 6.34. The number of aromatic nitrogens is 6. The van der Waals surface area contributed by atoms with Gasteiger partial charge in [0, 0.05) is 24.2 Å². The second-order valence-corrected chi connectivity index (χ2v) is 7.83. The molecule has 1 fully saturated rings. The molecule has 5 N–H and O–H groups in total. The standard InChI is InChI=1S/C16H19ClN8O3S/c17-16-20-2-1-9(24-16)19-3-4-29-5-8-11(26)12(27)15(28-8)25-7-23-10-13(18)21-6-22-14(10)25/h1-2,6-8,11-12,15,26-27H,3-5H2,(H2,18,21,22)(H,19,20,24)/t8-,11-,12-,15+/m0/s1. The van der Waals surface area contributed by atoms with Gasteiger partial charge in [-0.05, 0) is 17.7 Å². The third-order valence-corrected chi connectivity index (χ3v) is 5.70. The van der Waals surface area contributed by atoms with Gasteiger partial charge in [0.1, 0.15) is 29.9 Å². The molecule has 1 aliphatic heterocycles. The first kappa shape index (κ1) is 20.0. The van der Waals surface area contributed by atoms with Crippen LogP contribution >= 0.6 is 23.4 Å². The summed E-state index contributed by atoms with van der Waals surface area (Å²) in [5, 5.41) is 24.2. The van der Waals surface area contributed by atoms with E-state index in [0.29, 0.717) is 29.3 Å². The Morgan fingerprint density at radius 3 is 2.93 bits per heavy atom. The lowest BCUT2D eigenvalue weighted by Crippen LogP contribution is -2.32. The molecule has 154 valence electrons. The Kier molecular flexibility index (Phi) is 5.96. The fourth-order valence-electron chi connectivity index (χ4n) is 3.04. The number of ether oxygens (including phenoxy) is 1. The molecule has 0 amide bonds. The molecule has 1 aliphatic rings. The van der Waals surface area contributed by atoms with Crippen molar-refractivity contribution in [2.45, 2.75) is 24.5 Å². The predicted molar refractivity (Wildman–Crippen MR) is 109 cm³/mol. The number of aliphatic hydroxyl groups excluding tert-OH is 2. The fraction of sp³-hybridized carbons (Fsp3) is 0.438. The smallest absolute Gasteiger partial charge is 0.224 e. The van der Waals surface area contributed by atoms with Gasteiger partial charge in [-0.25, -0.2) is 24.9 Å². The molecule has 13 heteroatoms. The third-order valence-electron chi connectivity index (χ3n) is 4.46. The highest BCUT2D eigenvalue weighted by molar-refractivity contribution is 7.99. The Balaban J connectivity index is 1.32. The second kappa shape index (κ2) is 8.63. The van der Waals surface area contributed by atoms with E-state index in [1.807, 2.05) is 0 Å². The largest absolute Gasteiger partial charge is 0.387 e. The van der Waals surface area contributed by atoms with Crippen LogP contribution < -0.4 is 11.1 Å². The molecule has 0 aromatic carbocycles. The first-order chi connectivity index (χ1) is 14.0. The van der Waals surface area contributed by atoms with Crippen LogP contribution in [0.25, 0.3) is 11.2 Å². The number of imidazole rings is 1. The van der Waals surface area contributed by atoms with E-state index in [0.717, 1.165) is 5.75 Å². The lowest BCUT2D eigenvalue weighted by Gasteiger charge is -2.16. The zero-order chi connectivity index (χ0) is 20.4. The molecule has 4 heterocycles. The quantitative estimate of drug-likeness (QED) is 0.297. The summed E-state index contributed by atoms with van der Waals surface area (Å²) in [6.45, 7) is 0.648. The SMILES string of the molecule is Nc1ncnc2c1ncn2[C@@H]1O[C@@H](CSCCNc2ccnc(Cl)n2)[C@H](O)[C@@H]1O. The van der Waals surface area contributed by atoms with E-state index in [1.54, 1.807) is 28.6 Å². The molecule has 0 radical (unpaired) electrons. The number of nitrogen functional groups attached to an aromatic ring is 1. The molecule has 0 saturated carbocycles. The minimum atomic E-state index is -1.12. The van der Waals surface area contributed by atoms with Crippen LogP contribution in [0.15, 0.2) is 24.9 Å². The third kappa shape index (κ3) is 4.21. The van der Waals surface area contributed by atoms with E-state index in [1.165, 1.54) is 12.7 Å². The number of thioether (sulfide) groups is 1. The maximum atomic E-state index is 10.5. The minimum Gasteiger partial charge on any atom is -0.387 e. The fourth-order valence-corrected chi connectivity index (χ4v) is 4.11. The van der Waals surface area contributed by atoms with Crippen molar-refractivity contribution in [2.75, 3.05) is 29.1 Å². The number of nitrogens with two attached hydrogens (primary N) is 1. The van der Waals surface area contributed by atoms with E-state index < -0.39 is 24.5 Å². The molecule has 1 saturated heterocycles. The Labute approximate surface area is 174 Å². The van der Waals surface area contributed by atoms with Gasteiger partial charge in [0.2, 0.25) is 5.28 Å². The molecule has 0 spiro atoms. The number of aliphatic hydroxyl groups is 2. The van der Waals surface area contributed by atoms with Crippen molar-refractivity contribution in [3.8, 4) is 0 Å². The summed E-state index contributed by atoms with van der Waals surface area (Å²) in [6, 6.07) is 1.73. The van der Waals surface area contributed by atoms with E-state index in [-0.39, 0.29) is 11.1 Å². The summed E-state index contributed by atoms with van der Waals surface area (Å²) < 4.78 is 7.46. The monoisotopic (exact) mass is 438 g/mol. The summed E-state index contributed by atoms with van der Waals surface area (Å²) >= 11 is 7.32. The number of anilines is 2. The lowest BCUT2D eigenvalue weighted by atomic mass is 10.1. The summed E-state index contributed by atoms with van der Waals surface area (Å²) in [5.41, 5.74) is 6.66. The van der Waals surface area contributed by atoms with Crippen LogP contribution in [0.1, 0.15) is 6.23 Å². The summed E-state index contributed by atoms with van der Waals surface area (Å²) in [6.07, 6.45) is 0.879. The van der Waals surface area contributed by atoms with Gasteiger partial charge < -0.3 is 26.0 Å². The molecule has 29 heavy (non-hydrogen) atoms. The van der Waals surface area contributed by atoms with Crippen LogP contribution in [0.5, 0.6) is 0 Å². The molecule has 4 atom stereocenters. The summed E-state index contributed by atoms with van der Waals surface area (Å²) in [7, 11) is 0. The van der Waals surface area contributed by atoms with E-state index >= 15 is 0 Å². The van der Waals surface area contributed by atoms with E-state index in [9.17, 15) is 10.2 Å². The first-order valence-corrected chi connectivity index (χ1v) is 10.3. The van der Waals surface area contributed by atoms with Crippen LogP contribution in [-0.2, 0) is 4.74 Å². The first-order valence-electron chi connectivity index (χ1n) is 8.79. The van der Waals surface area contributed by atoms with E-state index in [4.69, 9.17) is 22.1 Å². The molecular weight excluding hydrogens is 420 g/mol. The average Bonchev–Trinajstić information content (AvgIpc) is 3.25. The number of rotatable bonds is 7. The lowest BCUT2D eigenvalue weighted by molar-refractivity contribution is -0.0288. The van der Waals surface area contributed by atoms with Crippen molar-refractivity contribution >= 4 is 46.2 Å². The molecular formula is C16H19ClN8O3S. The molecule has 0 aliphatic carbocycles. The van der Waals surface area contributed by atoms with Crippen molar-refractivity contribution < 1.29 is 14.9 Å². The Bertz CT molecular complexity index is 992. The van der Waals surface area contributed by atoms with Crippen LogP contribution in [0.4, 0.5) is 11.6 Å². The topological polar surface area (TPSA) is 157 Å². The number of hydrogen-bond acceptors (Lipinski definition) is 11. The Morgan fingerprint density at radius 2 is 2.10 bits per heavy atom. The van der Waals surface area contributed by atoms with Gasteiger partial charge in [0.15, 0.2) is 17.7 Å². The highest BCUT2D eigenvalue weighted by Gasteiger charge is 2.44. The van der Waals surface area contributed by atoms with Crippen LogP contribution in [0.2, 0.25) is 5.28 Å². The van der Waals surface area contributed by atoms with Crippen molar-refractivity contribution in [3.63, 3.8) is 0 Å². The molecule has 4 rings (SSSR count). The van der Waals surface area contributed by atoms with Crippen molar-refractivity contribution in [1.29, 1.82) is 0 Å². The summed E-state index contributed by atoms with van der Waals surface area (Å²) in [5.74, 6) is 2.13. The molecule has 3 aromatic heterocycles. The van der Waals surface area contributed by atoms with Gasteiger partial charge >= 0.3 is 0 Å². The zero-order valence-corrected chi connectivity index (χ0v) is 16.7. The number of halogens is 1. The highest BCUT2D eigenvalue weighted by Crippen LogP contribution is 2.33. The van der Waals surface area contributed by atoms with Crippen LogP contribution in [-0.4, -0.2) is 76.1 Å². The number of nitrogens with zero attached hydrogens (tertiary/aromatic N) is 6. The number of fused-ring (bicyclic) bond motifs is 1. The van der Waals surface area contributed by atoms with Gasteiger partial charge in [-0.15, -0.1) is 0 Å². The van der Waals surface area contributed by atoms with Crippen molar-refractivity contribution in [1.82, 2.24) is 29.5 Å². The minimum absolute atomic E-state index is 0.184. The maximum Gasteiger partial charge on any atom is 0.224 e. The predicted octanol–water partition coefficient (Wildman–Crippen LogP) is 0.316. The molecule has 0 bridgehead atoms. The van der Waals surface area contributed by atoms with Gasteiger partial charge in [-0.2, -0.15) is 11.8 Å². The van der Waals surface area contributed by atoms with E-state index in [2.05, 4.69) is 30.2 Å². The van der Waals surface area contributed by atoms with Gasteiger partial charge in [0.05, 0.1) is 12.4 Å². The molecule has 3 aromatic rings. The highest BCUT2D eigenvalue weighted by atomic mass is 35.5. The summed E-state index contributed by atoms with van der Waals surface area (Å²) in [4.78, 5) is 20.1. The number of nitrogens with one attached hydrogen (secondary N) is 1. The van der Waals surface area contributed by atoms with Crippen molar-refractivity contribution in [2.24, 2.45) is 0 Å². The molecule has 11 nitrogen and oxygen atoms in total. The Morgan fingerprint density at radius 1 is 1.24 bits per heavy atom.